The molecule has 0 radical (unpaired) electrons. The van der Waals surface area contributed by atoms with E-state index in [1.54, 1.807) is 0 Å². The highest BCUT2D eigenvalue weighted by atomic mass is 16.7. The van der Waals surface area contributed by atoms with Crippen LogP contribution in [-0.2, 0) is 25.5 Å². The van der Waals surface area contributed by atoms with E-state index < -0.39 is 108 Å². The molecule has 1 saturated heterocycles. The van der Waals surface area contributed by atoms with Crippen LogP contribution in [0.5, 0.6) is 17.2 Å². The Balaban J connectivity index is 1.56. The number of benzene rings is 2. The number of carbonyl (C=O) groups is 4. The molecule has 3 aliphatic rings. The average molecular weight is 659 g/mol. The molecule has 1 aliphatic heterocycles. The monoisotopic (exact) mass is 658 g/mol. The van der Waals surface area contributed by atoms with Crippen LogP contribution in [0.15, 0.2) is 18.2 Å². The number of ketones is 3. The number of fused-ring (bicyclic) bond motifs is 3. The summed E-state index contributed by atoms with van der Waals surface area (Å²) in [5.74, 6) is -4.76. The van der Waals surface area contributed by atoms with E-state index in [1.807, 2.05) is 13.8 Å². The number of phenols is 2. The fourth-order valence-corrected chi connectivity index (χ4v) is 6.55. The molecule has 4 unspecified atom stereocenters. The van der Waals surface area contributed by atoms with Gasteiger partial charge in [-0.05, 0) is 18.4 Å². The van der Waals surface area contributed by atoms with Gasteiger partial charge in [-0.25, -0.2) is 0 Å². The molecule has 0 bridgehead atoms. The van der Waals surface area contributed by atoms with Gasteiger partial charge >= 0.3 is 0 Å². The van der Waals surface area contributed by atoms with Gasteiger partial charge in [0.05, 0.1) is 42.0 Å². The number of hydrogen-bond acceptors (Lipinski definition) is 14. The number of methoxy groups -OCH3 is 1. The molecule has 1 heterocycles. The maximum Gasteiger partial charge on any atom is 0.237 e. The Hall–Kier alpha value is -3.96. The molecule has 47 heavy (non-hydrogen) atoms. The lowest BCUT2D eigenvalue weighted by molar-refractivity contribution is -0.303. The van der Waals surface area contributed by atoms with Crippen LogP contribution in [0.4, 0.5) is 0 Å². The fourth-order valence-electron chi connectivity index (χ4n) is 6.55. The average Bonchev–Trinajstić information content (AvgIpc) is 3.02. The summed E-state index contributed by atoms with van der Waals surface area (Å²) in [5, 5.41) is 67.7. The first-order chi connectivity index (χ1) is 22.1. The number of aliphatic hydroxyl groups excluding tert-OH is 3. The number of rotatable bonds is 9. The number of aliphatic hydroxyl groups is 4. The van der Waals surface area contributed by atoms with Crippen molar-refractivity contribution in [3.63, 3.8) is 0 Å². The number of carbonyl (C=O) groups excluding carboxylic acids is 4. The van der Waals surface area contributed by atoms with Gasteiger partial charge in [0, 0.05) is 36.0 Å². The molecule has 254 valence electrons. The molecule has 0 spiro atoms. The maximum absolute atomic E-state index is 13.8. The molecular weight excluding hydrogens is 620 g/mol. The van der Waals surface area contributed by atoms with Crippen molar-refractivity contribution in [3.05, 3.63) is 51.6 Å². The number of Topliss-reactive ketones (excluding diaryl/α,β-unsaturated/α-hetero) is 1. The van der Waals surface area contributed by atoms with Crippen LogP contribution < -0.4 is 15.8 Å². The van der Waals surface area contributed by atoms with Crippen molar-refractivity contribution in [2.45, 2.75) is 82.0 Å². The first-order valence-corrected chi connectivity index (χ1v) is 15.1. The van der Waals surface area contributed by atoms with Crippen molar-refractivity contribution in [2.75, 3.05) is 13.7 Å². The van der Waals surface area contributed by atoms with Crippen LogP contribution in [0.2, 0.25) is 0 Å². The second-order valence-corrected chi connectivity index (χ2v) is 12.5. The van der Waals surface area contributed by atoms with E-state index in [-0.39, 0.29) is 40.3 Å². The topological polar surface area (TPSA) is 255 Å². The van der Waals surface area contributed by atoms with Crippen LogP contribution in [0.25, 0.3) is 0 Å². The van der Waals surface area contributed by atoms with Crippen molar-refractivity contribution < 1.29 is 64.0 Å². The predicted octanol–water partition coefficient (Wildman–Crippen LogP) is -0.538. The standard InChI is InChI=1S/C32H38N2O13/c1-12(2)7-15(33)30(42)34-16-8-20(47-31(43)27(16)39)46-18-10-32(44,19(36)11-35)9-14-22(18)29(41)24-23(26(14)38)25(37)13-5-4-6-17(45-3)21(13)28(24)40/h4-6,12,15-16,18,20,27,31,35,38-39,41,43-44H,7-11,33H2,1-3H3,(H,34,42)/t15-,16?,18-,20?,27?,31?,32-/m0/s1. The SMILES string of the molecule is COc1cccc2c1C(=O)c1c(O)c3c(c(O)c1C2=O)C[C@@](O)(C(=O)CO)C[C@@H]3OC1CC(NC(=O)[C@@H](N)CC(C)C)C(O)C(O)O1. The molecule has 2 aliphatic carbocycles. The van der Waals surface area contributed by atoms with Crippen molar-refractivity contribution in [1.29, 1.82) is 0 Å². The van der Waals surface area contributed by atoms with Gasteiger partial charge in [0.1, 0.15) is 35.6 Å². The van der Waals surface area contributed by atoms with Gasteiger partial charge < -0.3 is 55.9 Å². The number of aromatic hydroxyl groups is 2. The molecule has 2 aromatic carbocycles. The van der Waals surface area contributed by atoms with Crippen molar-refractivity contribution in [2.24, 2.45) is 11.7 Å². The first kappa shape index (κ1) is 34.4. The Kier molecular flexibility index (Phi) is 9.45. The van der Waals surface area contributed by atoms with Gasteiger partial charge in [-0.15, -0.1) is 0 Å². The van der Waals surface area contributed by atoms with E-state index >= 15 is 0 Å². The van der Waals surface area contributed by atoms with Crippen LogP contribution in [-0.4, -0.2) is 104 Å². The molecule has 9 N–H and O–H groups in total. The van der Waals surface area contributed by atoms with Crippen molar-refractivity contribution in [1.82, 2.24) is 5.32 Å². The number of phenolic OH excluding ortho intramolecular Hbond substituents is 2. The van der Waals surface area contributed by atoms with Gasteiger partial charge in [0.2, 0.25) is 11.7 Å². The minimum Gasteiger partial charge on any atom is -0.507 e. The summed E-state index contributed by atoms with van der Waals surface area (Å²) in [5.41, 5.74) is 1.68. The Bertz CT molecular complexity index is 1620. The van der Waals surface area contributed by atoms with Gasteiger partial charge in [0.25, 0.3) is 0 Å². The first-order valence-electron chi connectivity index (χ1n) is 15.1. The number of ether oxygens (including phenoxy) is 3. The lowest BCUT2D eigenvalue weighted by atomic mass is 9.72. The molecule has 15 heteroatoms. The quantitative estimate of drug-likeness (QED) is 0.134. The zero-order valence-corrected chi connectivity index (χ0v) is 25.9. The number of amides is 1. The zero-order valence-electron chi connectivity index (χ0n) is 25.9. The van der Waals surface area contributed by atoms with E-state index in [0.717, 1.165) is 0 Å². The minimum absolute atomic E-state index is 0.0446. The molecule has 15 nitrogen and oxygen atoms in total. The summed E-state index contributed by atoms with van der Waals surface area (Å²) in [6.45, 7) is 2.64. The third kappa shape index (κ3) is 5.99. The van der Waals surface area contributed by atoms with Crippen LogP contribution in [0.1, 0.15) is 82.2 Å². The second-order valence-electron chi connectivity index (χ2n) is 12.5. The van der Waals surface area contributed by atoms with Crippen LogP contribution in [0.3, 0.4) is 0 Å². The molecule has 1 fully saturated rings. The smallest absolute Gasteiger partial charge is 0.237 e. The molecule has 0 aromatic heterocycles. The highest BCUT2D eigenvalue weighted by Crippen LogP contribution is 2.52. The summed E-state index contributed by atoms with van der Waals surface area (Å²) in [6, 6.07) is 2.21. The lowest BCUT2D eigenvalue weighted by Crippen LogP contribution is -2.58. The Morgan fingerprint density at radius 1 is 1.11 bits per heavy atom. The summed E-state index contributed by atoms with van der Waals surface area (Å²) in [7, 11) is 1.29. The highest BCUT2D eigenvalue weighted by molar-refractivity contribution is 6.31. The summed E-state index contributed by atoms with van der Waals surface area (Å²) < 4.78 is 16.7. The van der Waals surface area contributed by atoms with E-state index in [9.17, 15) is 49.8 Å². The van der Waals surface area contributed by atoms with Gasteiger partial charge in [-0.3, -0.25) is 19.2 Å². The van der Waals surface area contributed by atoms with E-state index in [4.69, 9.17) is 19.9 Å². The van der Waals surface area contributed by atoms with Crippen molar-refractivity contribution >= 4 is 23.3 Å². The Morgan fingerprint density at radius 3 is 2.43 bits per heavy atom. The van der Waals surface area contributed by atoms with Gasteiger partial charge in [-0.2, -0.15) is 0 Å². The third-order valence-electron chi connectivity index (χ3n) is 8.89. The molecule has 2 aromatic rings. The number of nitrogens with one attached hydrogen (secondary N) is 1. The summed E-state index contributed by atoms with van der Waals surface area (Å²) in [6.07, 6.45) is -7.72. The number of nitrogens with two attached hydrogens (primary N) is 1. The van der Waals surface area contributed by atoms with E-state index in [1.165, 1.54) is 25.3 Å². The second kappa shape index (κ2) is 12.9. The lowest BCUT2D eigenvalue weighted by Gasteiger charge is -2.42. The van der Waals surface area contributed by atoms with Gasteiger partial charge in [0.15, 0.2) is 24.1 Å². The summed E-state index contributed by atoms with van der Waals surface area (Å²) in [4.78, 5) is 52.9. The van der Waals surface area contributed by atoms with E-state index in [2.05, 4.69) is 5.32 Å². The molecular formula is C32H38N2O13. The largest absolute Gasteiger partial charge is 0.507 e. The molecule has 7 atom stereocenters. The highest BCUT2D eigenvalue weighted by Gasteiger charge is 2.50. The zero-order chi connectivity index (χ0) is 34.5. The predicted molar refractivity (Wildman–Crippen MR) is 160 cm³/mol. The molecule has 5 rings (SSSR count). The summed E-state index contributed by atoms with van der Waals surface area (Å²) >= 11 is 0. The van der Waals surface area contributed by atoms with Gasteiger partial charge in [-0.1, -0.05) is 26.0 Å². The normalized spacial score (nSPS) is 27.5. The van der Waals surface area contributed by atoms with Crippen LogP contribution in [0, 0.1) is 5.92 Å². The third-order valence-corrected chi connectivity index (χ3v) is 8.89. The Labute approximate surface area is 268 Å². The molecule has 0 saturated carbocycles. The van der Waals surface area contributed by atoms with Crippen LogP contribution >= 0.6 is 0 Å². The van der Waals surface area contributed by atoms with E-state index in [0.29, 0.717) is 6.42 Å². The molecule has 1 amide bonds. The minimum atomic E-state index is -2.38. The Morgan fingerprint density at radius 2 is 1.79 bits per heavy atom. The fraction of sp³-hybridized carbons (Fsp3) is 0.500. The van der Waals surface area contributed by atoms with Crippen molar-refractivity contribution in [3.8, 4) is 17.2 Å². The maximum atomic E-state index is 13.8. The number of hydrogen-bond donors (Lipinski definition) is 8.